The molecule has 1 atom stereocenters. The van der Waals surface area contributed by atoms with Crippen molar-refractivity contribution in [1.82, 2.24) is 14.6 Å². The molecule has 104 valence electrons. The highest BCUT2D eigenvalue weighted by Gasteiger charge is 2.10. The van der Waals surface area contributed by atoms with Gasteiger partial charge < -0.3 is 10.1 Å². The molecule has 5 heteroatoms. The number of nitrogens with zero attached hydrogens (tertiary/aromatic N) is 3. The van der Waals surface area contributed by atoms with E-state index in [-0.39, 0.29) is 0 Å². The SMILES string of the molecule is COCC(C)CNc1nccn2nc(C(C)C)cc12. The average molecular weight is 262 g/mol. The molecule has 0 saturated heterocycles. The molecule has 2 rings (SSSR count). The molecule has 2 heterocycles. The molecule has 1 N–H and O–H groups in total. The van der Waals surface area contributed by atoms with Crippen molar-refractivity contribution in [3.05, 3.63) is 24.2 Å². The first-order valence-electron chi connectivity index (χ1n) is 6.69. The van der Waals surface area contributed by atoms with Crippen LogP contribution in [0.25, 0.3) is 5.52 Å². The number of methoxy groups -OCH3 is 1. The van der Waals surface area contributed by atoms with Gasteiger partial charge in [-0.3, -0.25) is 0 Å². The molecule has 2 aromatic rings. The summed E-state index contributed by atoms with van der Waals surface area (Å²) in [6.07, 6.45) is 3.65. The normalized spacial score (nSPS) is 13.1. The van der Waals surface area contributed by atoms with Gasteiger partial charge in [0.05, 0.1) is 12.3 Å². The summed E-state index contributed by atoms with van der Waals surface area (Å²) in [7, 11) is 1.72. The van der Waals surface area contributed by atoms with Crippen molar-refractivity contribution in [2.24, 2.45) is 5.92 Å². The number of fused-ring (bicyclic) bond motifs is 1. The van der Waals surface area contributed by atoms with Crippen LogP contribution in [0, 0.1) is 5.92 Å². The molecule has 0 radical (unpaired) electrons. The summed E-state index contributed by atoms with van der Waals surface area (Å²) < 4.78 is 7.02. The maximum atomic E-state index is 5.14. The predicted octanol–water partition coefficient (Wildman–Crippen LogP) is 2.55. The van der Waals surface area contributed by atoms with Crippen LogP contribution < -0.4 is 5.32 Å². The lowest BCUT2D eigenvalue weighted by atomic mass is 10.1. The first kappa shape index (κ1) is 13.8. The van der Waals surface area contributed by atoms with E-state index in [9.17, 15) is 0 Å². The van der Waals surface area contributed by atoms with Crippen molar-refractivity contribution in [1.29, 1.82) is 0 Å². The maximum absolute atomic E-state index is 5.14. The van der Waals surface area contributed by atoms with Crippen LogP contribution in [0.15, 0.2) is 18.5 Å². The second-order valence-electron chi connectivity index (χ2n) is 5.27. The number of aromatic nitrogens is 3. The summed E-state index contributed by atoms with van der Waals surface area (Å²) >= 11 is 0. The van der Waals surface area contributed by atoms with Gasteiger partial charge in [0.1, 0.15) is 5.52 Å². The minimum Gasteiger partial charge on any atom is -0.384 e. The smallest absolute Gasteiger partial charge is 0.152 e. The third-order valence-electron chi connectivity index (χ3n) is 3.07. The zero-order valence-electron chi connectivity index (χ0n) is 12.1. The molecule has 5 nitrogen and oxygen atoms in total. The molecule has 0 aliphatic rings. The Morgan fingerprint density at radius 2 is 2.16 bits per heavy atom. The molecule has 0 aliphatic carbocycles. The van der Waals surface area contributed by atoms with Crippen molar-refractivity contribution in [3.63, 3.8) is 0 Å². The molecule has 0 spiro atoms. The lowest BCUT2D eigenvalue weighted by Crippen LogP contribution is -2.16. The van der Waals surface area contributed by atoms with E-state index in [0.29, 0.717) is 11.8 Å². The van der Waals surface area contributed by atoms with Crippen molar-refractivity contribution in [2.45, 2.75) is 26.7 Å². The zero-order chi connectivity index (χ0) is 13.8. The van der Waals surface area contributed by atoms with Gasteiger partial charge in [0, 0.05) is 26.0 Å². The van der Waals surface area contributed by atoms with Crippen molar-refractivity contribution >= 4 is 11.3 Å². The Kier molecular flexibility index (Phi) is 4.37. The first-order valence-corrected chi connectivity index (χ1v) is 6.69. The Hall–Kier alpha value is -1.62. The largest absolute Gasteiger partial charge is 0.384 e. The van der Waals surface area contributed by atoms with Gasteiger partial charge in [-0.25, -0.2) is 9.50 Å². The molecule has 0 amide bonds. The van der Waals surface area contributed by atoms with E-state index in [2.05, 4.69) is 42.2 Å². The van der Waals surface area contributed by atoms with E-state index in [1.165, 1.54) is 0 Å². The Balaban J connectivity index is 2.18. The average Bonchev–Trinajstić information content (AvgIpc) is 2.81. The third-order valence-corrected chi connectivity index (χ3v) is 3.07. The van der Waals surface area contributed by atoms with Gasteiger partial charge in [-0.15, -0.1) is 0 Å². The van der Waals surface area contributed by atoms with E-state index in [1.54, 1.807) is 13.3 Å². The molecule has 0 saturated carbocycles. The molecule has 19 heavy (non-hydrogen) atoms. The highest BCUT2D eigenvalue weighted by Crippen LogP contribution is 2.19. The fourth-order valence-corrected chi connectivity index (χ4v) is 1.97. The quantitative estimate of drug-likeness (QED) is 0.869. The van der Waals surface area contributed by atoms with Gasteiger partial charge in [-0.05, 0) is 17.9 Å². The standard InChI is InChI=1S/C14H22N4O/c1-10(2)12-7-13-14(15-5-6-18(13)17-12)16-8-11(3)9-19-4/h5-7,10-11H,8-9H2,1-4H3,(H,15,16). The second kappa shape index (κ2) is 6.02. The lowest BCUT2D eigenvalue weighted by molar-refractivity contribution is 0.164. The van der Waals surface area contributed by atoms with Crippen molar-refractivity contribution in [3.8, 4) is 0 Å². The summed E-state index contributed by atoms with van der Waals surface area (Å²) in [6, 6.07) is 2.10. The first-order chi connectivity index (χ1) is 9.11. The number of anilines is 1. The van der Waals surface area contributed by atoms with Crippen LogP contribution in [0.5, 0.6) is 0 Å². The van der Waals surface area contributed by atoms with E-state index in [4.69, 9.17) is 4.74 Å². The van der Waals surface area contributed by atoms with E-state index < -0.39 is 0 Å². The van der Waals surface area contributed by atoms with Gasteiger partial charge in [-0.1, -0.05) is 20.8 Å². The fourth-order valence-electron chi connectivity index (χ4n) is 1.97. The zero-order valence-corrected chi connectivity index (χ0v) is 12.1. The fraction of sp³-hybridized carbons (Fsp3) is 0.571. The minimum absolute atomic E-state index is 0.417. The monoisotopic (exact) mass is 262 g/mol. The second-order valence-corrected chi connectivity index (χ2v) is 5.27. The summed E-state index contributed by atoms with van der Waals surface area (Å²) in [5, 5.41) is 7.92. The molecule has 0 aliphatic heterocycles. The topological polar surface area (TPSA) is 51.5 Å². The summed E-state index contributed by atoms with van der Waals surface area (Å²) in [5.41, 5.74) is 2.11. The Morgan fingerprint density at radius 3 is 2.84 bits per heavy atom. The molecule has 2 aromatic heterocycles. The molecular formula is C14H22N4O. The van der Waals surface area contributed by atoms with Gasteiger partial charge in [0.25, 0.3) is 0 Å². The van der Waals surface area contributed by atoms with Crippen LogP contribution in [0.1, 0.15) is 32.4 Å². The molecule has 0 bridgehead atoms. The van der Waals surface area contributed by atoms with Crippen LogP contribution in [0.2, 0.25) is 0 Å². The Labute approximate surface area is 114 Å². The van der Waals surface area contributed by atoms with Gasteiger partial charge in [-0.2, -0.15) is 5.10 Å². The number of ether oxygens (including phenoxy) is 1. The van der Waals surface area contributed by atoms with E-state index in [1.807, 2.05) is 10.7 Å². The van der Waals surface area contributed by atoms with Crippen LogP contribution in [0.4, 0.5) is 5.82 Å². The summed E-state index contributed by atoms with van der Waals surface area (Å²) in [5.74, 6) is 1.74. The Bertz CT molecular complexity index is 535. The maximum Gasteiger partial charge on any atom is 0.152 e. The summed E-state index contributed by atoms with van der Waals surface area (Å²) in [4.78, 5) is 4.40. The van der Waals surface area contributed by atoms with Crippen LogP contribution in [-0.4, -0.2) is 34.9 Å². The highest BCUT2D eigenvalue weighted by molar-refractivity contribution is 5.67. The minimum atomic E-state index is 0.417. The van der Waals surface area contributed by atoms with Gasteiger partial charge in [0.2, 0.25) is 0 Å². The van der Waals surface area contributed by atoms with Crippen LogP contribution >= 0.6 is 0 Å². The predicted molar refractivity (Wildman–Crippen MR) is 76.6 cm³/mol. The molecular weight excluding hydrogens is 240 g/mol. The number of hydrogen-bond acceptors (Lipinski definition) is 4. The number of nitrogens with one attached hydrogen (secondary N) is 1. The highest BCUT2D eigenvalue weighted by atomic mass is 16.5. The summed E-state index contributed by atoms with van der Waals surface area (Å²) in [6.45, 7) is 8.01. The van der Waals surface area contributed by atoms with E-state index in [0.717, 1.165) is 30.2 Å². The third kappa shape index (κ3) is 3.23. The van der Waals surface area contributed by atoms with Gasteiger partial charge >= 0.3 is 0 Å². The van der Waals surface area contributed by atoms with Crippen LogP contribution in [0.3, 0.4) is 0 Å². The van der Waals surface area contributed by atoms with Gasteiger partial charge in [0.15, 0.2) is 5.82 Å². The molecule has 1 unspecified atom stereocenters. The van der Waals surface area contributed by atoms with Crippen LogP contribution in [-0.2, 0) is 4.74 Å². The lowest BCUT2D eigenvalue weighted by Gasteiger charge is -2.12. The van der Waals surface area contributed by atoms with Crippen molar-refractivity contribution in [2.75, 3.05) is 25.6 Å². The van der Waals surface area contributed by atoms with Crippen molar-refractivity contribution < 1.29 is 4.74 Å². The molecule has 0 aromatic carbocycles. The number of hydrogen-bond donors (Lipinski definition) is 1. The molecule has 0 fully saturated rings. The van der Waals surface area contributed by atoms with E-state index >= 15 is 0 Å². The number of rotatable bonds is 6. The Morgan fingerprint density at radius 1 is 1.37 bits per heavy atom.